The Morgan fingerprint density at radius 3 is 2.75 bits per heavy atom. The molecule has 0 saturated heterocycles. The average molecular weight is 125 g/mol. The van der Waals surface area contributed by atoms with Gasteiger partial charge in [-0.3, -0.25) is 4.98 Å². The van der Waals surface area contributed by atoms with E-state index in [1.807, 2.05) is 19.2 Å². The Morgan fingerprint density at radius 2 is 2.38 bits per heavy atom. The summed E-state index contributed by atoms with van der Waals surface area (Å²) in [7, 11) is 2.65. The molecule has 0 fully saturated rings. The van der Waals surface area contributed by atoms with Crippen molar-refractivity contribution in [2.24, 2.45) is 0 Å². The second-order valence-electron chi connectivity index (χ2n) is 1.73. The van der Waals surface area contributed by atoms with Crippen molar-refractivity contribution in [2.45, 2.75) is 6.92 Å². The zero-order chi connectivity index (χ0) is 5.98. The Labute approximate surface area is 51.3 Å². The van der Waals surface area contributed by atoms with E-state index in [1.54, 1.807) is 6.20 Å². The zero-order valence-electron chi connectivity index (χ0n) is 4.76. The molecule has 0 radical (unpaired) electrons. The van der Waals surface area contributed by atoms with Crippen LogP contribution >= 0.6 is 9.24 Å². The molecule has 1 aromatic rings. The van der Waals surface area contributed by atoms with Gasteiger partial charge in [0.05, 0.1) is 0 Å². The highest BCUT2D eigenvalue weighted by Gasteiger charge is 1.85. The Morgan fingerprint density at radius 1 is 1.62 bits per heavy atom. The van der Waals surface area contributed by atoms with Crippen LogP contribution in [-0.4, -0.2) is 4.98 Å². The first-order valence-electron chi connectivity index (χ1n) is 2.47. The van der Waals surface area contributed by atoms with Crippen LogP contribution in [-0.2, 0) is 0 Å². The predicted octanol–water partition coefficient (Wildman–Crippen LogP) is 0.890. The second-order valence-corrected chi connectivity index (χ2v) is 2.35. The summed E-state index contributed by atoms with van der Waals surface area (Å²) >= 11 is 0. The van der Waals surface area contributed by atoms with Crippen LogP contribution < -0.4 is 5.30 Å². The molecule has 0 saturated carbocycles. The van der Waals surface area contributed by atoms with Gasteiger partial charge in [-0.1, -0.05) is 0 Å². The van der Waals surface area contributed by atoms with Crippen molar-refractivity contribution in [2.75, 3.05) is 0 Å². The van der Waals surface area contributed by atoms with Gasteiger partial charge in [-0.15, -0.1) is 9.24 Å². The van der Waals surface area contributed by atoms with Gasteiger partial charge in [-0.25, -0.2) is 0 Å². The third kappa shape index (κ3) is 1.05. The van der Waals surface area contributed by atoms with E-state index < -0.39 is 0 Å². The molecule has 0 spiro atoms. The molecule has 1 heterocycles. The summed E-state index contributed by atoms with van der Waals surface area (Å²) in [5, 5.41) is 1.22. The maximum atomic E-state index is 3.93. The minimum Gasteiger partial charge on any atom is -0.264 e. The number of rotatable bonds is 0. The minimum atomic E-state index is 1.22. The summed E-state index contributed by atoms with van der Waals surface area (Å²) in [5.74, 6) is 0. The SMILES string of the molecule is Cc1cnccc1P. The van der Waals surface area contributed by atoms with Gasteiger partial charge >= 0.3 is 0 Å². The summed E-state index contributed by atoms with van der Waals surface area (Å²) in [6, 6.07) is 1.97. The first-order valence-corrected chi connectivity index (χ1v) is 3.04. The molecular formula is C6H8NP. The molecule has 1 rings (SSSR count). The van der Waals surface area contributed by atoms with Crippen LogP contribution in [0.15, 0.2) is 18.5 Å². The fraction of sp³-hybridized carbons (Fsp3) is 0.167. The average Bonchev–Trinajstić information content (AvgIpc) is 1.77. The highest BCUT2D eigenvalue weighted by Crippen LogP contribution is 1.93. The van der Waals surface area contributed by atoms with Gasteiger partial charge in [-0.05, 0) is 23.9 Å². The number of aryl methyl sites for hydroxylation is 1. The van der Waals surface area contributed by atoms with E-state index in [9.17, 15) is 0 Å². The summed E-state index contributed by atoms with van der Waals surface area (Å²) in [5.41, 5.74) is 1.22. The highest BCUT2D eigenvalue weighted by atomic mass is 31.0. The normalized spacial score (nSPS) is 9.25. The first-order chi connectivity index (χ1) is 3.80. The van der Waals surface area contributed by atoms with E-state index in [-0.39, 0.29) is 0 Å². The van der Waals surface area contributed by atoms with Crippen molar-refractivity contribution in [3.05, 3.63) is 24.0 Å². The Balaban J connectivity index is 3.13. The van der Waals surface area contributed by atoms with Crippen molar-refractivity contribution >= 4 is 14.5 Å². The van der Waals surface area contributed by atoms with E-state index in [4.69, 9.17) is 0 Å². The van der Waals surface area contributed by atoms with Crippen molar-refractivity contribution < 1.29 is 0 Å². The van der Waals surface area contributed by atoms with E-state index in [2.05, 4.69) is 14.2 Å². The second kappa shape index (κ2) is 2.23. The van der Waals surface area contributed by atoms with Crippen LogP contribution in [0.3, 0.4) is 0 Å². The third-order valence-electron chi connectivity index (χ3n) is 1.06. The third-order valence-corrected chi connectivity index (χ3v) is 1.71. The number of nitrogens with zero attached hydrogens (tertiary/aromatic N) is 1. The van der Waals surface area contributed by atoms with E-state index in [0.717, 1.165) is 0 Å². The topological polar surface area (TPSA) is 12.9 Å². The smallest absolute Gasteiger partial charge is 0.0303 e. The molecule has 0 aliphatic rings. The lowest BCUT2D eigenvalue weighted by atomic mass is 10.3. The number of hydrogen-bond donors (Lipinski definition) is 0. The number of hydrogen-bond acceptors (Lipinski definition) is 1. The predicted molar refractivity (Wildman–Crippen MR) is 38.3 cm³/mol. The molecule has 1 aromatic heterocycles. The van der Waals surface area contributed by atoms with Crippen molar-refractivity contribution in [1.29, 1.82) is 0 Å². The van der Waals surface area contributed by atoms with Crippen molar-refractivity contribution in [3.63, 3.8) is 0 Å². The van der Waals surface area contributed by atoms with Crippen LogP contribution in [0.1, 0.15) is 5.56 Å². The number of aromatic nitrogens is 1. The Kier molecular flexibility index (Phi) is 1.59. The summed E-state index contributed by atoms with van der Waals surface area (Å²) in [6.45, 7) is 2.04. The molecule has 42 valence electrons. The lowest BCUT2D eigenvalue weighted by Gasteiger charge is -1.92. The van der Waals surface area contributed by atoms with Crippen LogP contribution in [0.2, 0.25) is 0 Å². The summed E-state index contributed by atoms with van der Waals surface area (Å²) in [6.07, 6.45) is 3.64. The molecular weight excluding hydrogens is 117 g/mol. The van der Waals surface area contributed by atoms with Crippen molar-refractivity contribution in [1.82, 2.24) is 4.98 Å². The van der Waals surface area contributed by atoms with Gasteiger partial charge in [0.15, 0.2) is 0 Å². The maximum Gasteiger partial charge on any atom is 0.0303 e. The Hall–Kier alpha value is -0.420. The number of pyridine rings is 1. The Bertz CT molecular complexity index is 165. The van der Waals surface area contributed by atoms with E-state index >= 15 is 0 Å². The summed E-state index contributed by atoms with van der Waals surface area (Å²) < 4.78 is 0. The zero-order valence-corrected chi connectivity index (χ0v) is 5.91. The fourth-order valence-corrected chi connectivity index (χ4v) is 0.645. The van der Waals surface area contributed by atoms with E-state index in [0.29, 0.717) is 0 Å². The molecule has 0 aliphatic carbocycles. The highest BCUT2D eigenvalue weighted by molar-refractivity contribution is 7.27. The molecule has 0 N–H and O–H groups in total. The van der Waals surface area contributed by atoms with Gasteiger partial charge in [0.1, 0.15) is 0 Å². The molecule has 0 bridgehead atoms. The molecule has 0 aliphatic heterocycles. The lowest BCUT2D eigenvalue weighted by molar-refractivity contribution is 1.29. The van der Waals surface area contributed by atoms with Crippen LogP contribution in [0, 0.1) is 6.92 Å². The molecule has 0 amide bonds. The lowest BCUT2D eigenvalue weighted by Crippen LogP contribution is -1.94. The largest absolute Gasteiger partial charge is 0.264 e. The summed E-state index contributed by atoms with van der Waals surface area (Å²) in [4.78, 5) is 3.93. The van der Waals surface area contributed by atoms with E-state index in [1.165, 1.54) is 10.9 Å². The molecule has 0 aromatic carbocycles. The standard InChI is InChI=1S/C6H8NP/c1-5-4-7-3-2-6(5)8/h2-4H,8H2,1H3. The van der Waals surface area contributed by atoms with Gasteiger partial charge in [0.25, 0.3) is 0 Å². The maximum absolute atomic E-state index is 3.93. The van der Waals surface area contributed by atoms with Gasteiger partial charge in [0.2, 0.25) is 0 Å². The first kappa shape index (κ1) is 5.71. The van der Waals surface area contributed by atoms with Crippen LogP contribution in [0.5, 0.6) is 0 Å². The van der Waals surface area contributed by atoms with Crippen LogP contribution in [0.4, 0.5) is 0 Å². The molecule has 1 nitrogen and oxygen atoms in total. The molecule has 1 atom stereocenters. The molecule has 2 heteroatoms. The molecule has 1 unspecified atom stereocenters. The quantitative estimate of drug-likeness (QED) is 0.469. The van der Waals surface area contributed by atoms with Crippen molar-refractivity contribution in [3.8, 4) is 0 Å². The monoisotopic (exact) mass is 125 g/mol. The van der Waals surface area contributed by atoms with Gasteiger partial charge < -0.3 is 0 Å². The fourth-order valence-electron chi connectivity index (χ4n) is 0.484. The van der Waals surface area contributed by atoms with Gasteiger partial charge in [0, 0.05) is 12.4 Å². The minimum absolute atomic E-state index is 1.22. The van der Waals surface area contributed by atoms with Gasteiger partial charge in [-0.2, -0.15) is 0 Å². The molecule has 8 heavy (non-hydrogen) atoms. The van der Waals surface area contributed by atoms with Crippen LogP contribution in [0.25, 0.3) is 0 Å².